The smallest absolute Gasteiger partial charge is 0.270 e. The molecule has 1 atom stereocenters. The zero-order valence-electron chi connectivity index (χ0n) is 21.6. The second-order valence-corrected chi connectivity index (χ2v) is 10.3. The molecule has 0 N–H and O–H groups in total. The molecule has 0 aliphatic carbocycles. The number of fused-ring (bicyclic) bond motifs is 4. The molecular weight excluding hydrogens is 476 g/mol. The van der Waals surface area contributed by atoms with Crippen LogP contribution < -0.4 is 14.4 Å². The summed E-state index contributed by atoms with van der Waals surface area (Å²) >= 11 is 0. The van der Waals surface area contributed by atoms with Crippen molar-refractivity contribution in [3.05, 3.63) is 118 Å². The van der Waals surface area contributed by atoms with Crippen molar-refractivity contribution in [1.29, 1.82) is 0 Å². The first kappa shape index (κ1) is 23.8. The Morgan fingerprint density at radius 2 is 1.84 bits per heavy atom. The average molecular weight is 505 g/mol. The van der Waals surface area contributed by atoms with Crippen LogP contribution in [0.1, 0.15) is 36.1 Å². The van der Waals surface area contributed by atoms with E-state index in [0.717, 1.165) is 50.2 Å². The molecule has 0 fully saturated rings. The molecule has 4 aromatic rings. The van der Waals surface area contributed by atoms with Crippen LogP contribution in [0.3, 0.4) is 0 Å². The summed E-state index contributed by atoms with van der Waals surface area (Å²) in [5, 5.41) is 13.0. The third-order valence-electron chi connectivity index (χ3n) is 7.98. The van der Waals surface area contributed by atoms with Gasteiger partial charge in [-0.1, -0.05) is 43.0 Å². The number of hydrogen-bond acceptors (Lipinski definition) is 5. The van der Waals surface area contributed by atoms with Gasteiger partial charge in [0.05, 0.1) is 17.4 Å². The number of benzene rings is 4. The number of anilines is 1. The molecule has 1 spiro atoms. The summed E-state index contributed by atoms with van der Waals surface area (Å²) in [6.45, 7) is 8.91. The zero-order chi connectivity index (χ0) is 26.7. The van der Waals surface area contributed by atoms with Crippen LogP contribution in [0.15, 0.2) is 85.5 Å². The highest BCUT2D eigenvalue weighted by molar-refractivity contribution is 5.95. The highest BCUT2D eigenvalue weighted by Gasteiger charge is 2.59. The van der Waals surface area contributed by atoms with Gasteiger partial charge >= 0.3 is 0 Å². The largest absolute Gasteiger partial charge is 0.497 e. The topological polar surface area (TPSA) is 64.8 Å². The molecule has 1 unspecified atom stereocenters. The lowest BCUT2D eigenvalue weighted by molar-refractivity contribution is -0.384. The summed E-state index contributed by atoms with van der Waals surface area (Å²) in [6, 6.07) is 23.4. The third-order valence-corrected chi connectivity index (χ3v) is 7.98. The van der Waals surface area contributed by atoms with E-state index in [2.05, 4.69) is 73.9 Å². The Morgan fingerprint density at radius 1 is 1.05 bits per heavy atom. The first-order chi connectivity index (χ1) is 18.3. The van der Waals surface area contributed by atoms with Crippen LogP contribution in [0.5, 0.6) is 11.5 Å². The van der Waals surface area contributed by atoms with Crippen molar-refractivity contribution in [2.24, 2.45) is 0 Å². The van der Waals surface area contributed by atoms with Gasteiger partial charge in [-0.05, 0) is 83.8 Å². The number of nitro groups is 1. The number of ether oxygens (including phenoxy) is 2. The normalized spacial score (nSPS) is 18.7. The minimum absolute atomic E-state index is 0.0737. The van der Waals surface area contributed by atoms with Gasteiger partial charge in [0.1, 0.15) is 11.5 Å². The molecule has 38 heavy (non-hydrogen) atoms. The fraction of sp³-hybridized carbons (Fsp3) is 0.188. The SMILES string of the molecule is C=Cc1ccc(CN2c3ccc(OC)cc3C(C)(C)C23C=Cc2c(ccc4cc([N+](=O)[O-])ccc24)O3)cc1. The van der Waals surface area contributed by atoms with Gasteiger partial charge in [-0.2, -0.15) is 0 Å². The molecule has 2 heterocycles. The van der Waals surface area contributed by atoms with E-state index in [0.29, 0.717) is 6.54 Å². The monoisotopic (exact) mass is 504 g/mol. The van der Waals surface area contributed by atoms with E-state index in [-0.39, 0.29) is 10.6 Å². The molecule has 2 aliphatic rings. The van der Waals surface area contributed by atoms with E-state index >= 15 is 0 Å². The summed E-state index contributed by atoms with van der Waals surface area (Å²) in [7, 11) is 1.68. The summed E-state index contributed by atoms with van der Waals surface area (Å²) in [5.41, 5.74) is 4.22. The number of non-ortho nitro benzene ring substituents is 1. The highest BCUT2D eigenvalue weighted by atomic mass is 16.6. The predicted molar refractivity (Wildman–Crippen MR) is 152 cm³/mol. The second kappa shape index (κ2) is 8.48. The minimum Gasteiger partial charge on any atom is -0.497 e. The molecule has 0 amide bonds. The maximum Gasteiger partial charge on any atom is 0.270 e. The van der Waals surface area contributed by atoms with Crippen molar-refractivity contribution in [1.82, 2.24) is 0 Å². The quantitative estimate of drug-likeness (QED) is 0.208. The third kappa shape index (κ3) is 3.40. The summed E-state index contributed by atoms with van der Waals surface area (Å²) in [4.78, 5) is 13.3. The maximum atomic E-state index is 11.3. The average Bonchev–Trinajstić information content (AvgIpc) is 3.10. The first-order valence-corrected chi connectivity index (χ1v) is 12.5. The zero-order valence-corrected chi connectivity index (χ0v) is 21.6. The maximum absolute atomic E-state index is 11.3. The predicted octanol–water partition coefficient (Wildman–Crippen LogP) is 7.50. The van der Waals surface area contributed by atoms with Crippen molar-refractivity contribution in [3.63, 3.8) is 0 Å². The van der Waals surface area contributed by atoms with E-state index in [1.54, 1.807) is 25.3 Å². The molecule has 6 heteroatoms. The number of nitrogens with zero attached hydrogens (tertiary/aromatic N) is 2. The number of hydrogen-bond donors (Lipinski definition) is 0. The number of nitro benzene ring substituents is 1. The molecule has 2 aliphatic heterocycles. The summed E-state index contributed by atoms with van der Waals surface area (Å²) in [5.74, 6) is 1.55. The standard InChI is InChI=1S/C32H28N2O4/c1-5-21-6-8-22(9-7-21)20-33-29-14-12-25(37-4)19-28(29)31(2,3)32(33)17-16-27-26-13-11-24(34(35)36)18-23(26)10-15-30(27)38-32/h5-19H,1,20H2,2-4H3. The Bertz CT molecular complexity index is 1640. The lowest BCUT2D eigenvalue weighted by atomic mass is 9.76. The van der Waals surface area contributed by atoms with Crippen molar-refractivity contribution in [3.8, 4) is 11.5 Å². The molecule has 0 saturated carbocycles. The van der Waals surface area contributed by atoms with Crippen molar-refractivity contribution < 1.29 is 14.4 Å². The summed E-state index contributed by atoms with van der Waals surface area (Å²) < 4.78 is 12.6. The first-order valence-electron chi connectivity index (χ1n) is 12.5. The van der Waals surface area contributed by atoms with E-state index < -0.39 is 11.1 Å². The van der Waals surface area contributed by atoms with Crippen molar-refractivity contribution >= 4 is 34.3 Å². The van der Waals surface area contributed by atoms with Gasteiger partial charge in [0.15, 0.2) is 0 Å². The van der Waals surface area contributed by atoms with Gasteiger partial charge in [0, 0.05) is 29.9 Å². The van der Waals surface area contributed by atoms with E-state index in [9.17, 15) is 10.1 Å². The fourth-order valence-electron chi connectivity index (χ4n) is 5.81. The molecule has 0 saturated heterocycles. The number of methoxy groups -OCH3 is 1. The Kier molecular flexibility index (Phi) is 5.31. The lowest BCUT2D eigenvalue weighted by Crippen LogP contribution is -2.59. The Hall–Kier alpha value is -4.58. The van der Waals surface area contributed by atoms with Gasteiger partial charge in [-0.25, -0.2) is 0 Å². The van der Waals surface area contributed by atoms with Crippen LogP contribution in [0.25, 0.3) is 22.9 Å². The Balaban J connectivity index is 1.50. The van der Waals surface area contributed by atoms with Gasteiger partial charge in [-0.3, -0.25) is 10.1 Å². The van der Waals surface area contributed by atoms with Crippen LogP contribution in [-0.2, 0) is 12.0 Å². The molecule has 0 bridgehead atoms. The Labute approximate surface area is 221 Å². The van der Waals surface area contributed by atoms with Gasteiger partial charge < -0.3 is 14.4 Å². The van der Waals surface area contributed by atoms with E-state index in [1.165, 1.54) is 0 Å². The van der Waals surface area contributed by atoms with Crippen LogP contribution >= 0.6 is 0 Å². The van der Waals surface area contributed by atoms with Crippen LogP contribution in [0.2, 0.25) is 0 Å². The molecule has 190 valence electrons. The molecule has 0 radical (unpaired) electrons. The van der Waals surface area contributed by atoms with Crippen LogP contribution in [0.4, 0.5) is 11.4 Å². The van der Waals surface area contributed by atoms with Crippen molar-refractivity contribution in [2.75, 3.05) is 12.0 Å². The van der Waals surface area contributed by atoms with Crippen LogP contribution in [-0.4, -0.2) is 17.8 Å². The minimum atomic E-state index is -0.805. The van der Waals surface area contributed by atoms with Gasteiger partial charge in [0.2, 0.25) is 5.72 Å². The van der Waals surface area contributed by atoms with E-state index in [1.807, 2.05) is 24.3 Å². The lowest BCUT2D eigenvalue weighted by Gasteiger charge is -2.47. The molecule has 0 aromatic heterocycles. The highest BCUT2D eigenvalue weighted by Crippen LogP contribution is 2.56. The second-order valence-electron chi connectivity index (χ2n) is 10.3. The molecule has 4 aromatic carbocycles. The molecule has 6 rings (SSSR count). The fourth-order valence-corrected chi connectivity index (χ4v) is 5.81. The Morgan fingerprint density at radius 3 is 2.55 bits per heavy atom. The summed E-state index contributed by atoms with van der Waals surface area (Å²) in [6.07, 6.45) is 6.08. The number of rotatable bonds is 5. The van der Waals surface area contributed by atoms with Gasteiger partial charge in [-0.15, -0.1) is 0 Å². The molecular formula is C32H28N2O4. The molecule has 6 nitrogen and oxygen atoms in total. The van der Waals surface area contributed by atoms with E-state index in [4.69, 9.17) is 9.47 Å². The van der Waals surface area contributed by atoms with Crippen molar-refractivity contribution in [2.45, 2.75) is 31.5 Å². The van der Waals surface area contributed by atoms with Crippen LogP contribution in [0, 0.1) is 10.1 Å². The van der Waals surface area contributed by atoms with Gasteiger partial charge in [0.25, 0.3) is 5.69 Å².